The van der Waals surface area contributed by atoms with E-state index in [0.29, 0.717) is 5.92 Å². The van der Waals surface area contributed by atoms with Gasteiger partial charge >= 0.3 is 0 Å². The van der Waals surface area contributed by atoms with Crippen molar-refractivity contribution in [1.29, 1.82) is 0 Å². The van der Waals surface area contributed by atoms with Gasteiger partial charge in [0.15, 0.2) is 0 Å². The Labute approximate surface area is 103 Å². The van der Waals surface area contributed by atoms with E-state index in [-0.39, 0.29) is 11.9 Å². The zero-order valence-electron chi connectivity index (χ0n) is 10.5. The second-order valence-corrected chi connectivity index (χ2v) is 4.74. The topological polar surface area (TPSA) is 41.1 Å². The van der Waals surface area contributed by atoms with Crippen molar-refractivity contribution in [3.8, 4) is 0 Å². The smallest absolute Gasteiger partial charge is 0.241 e. The van der Waals surface area contributed by atoms with Crippen LogP contribution in [0.5, 0.6) is 0 Å². The lowest BCUT2D eigenvalue weighted by Crippen LogP contribution is -2.39. The Hall–Kier alpha value is -1.35. The molecular weight excluding hydrogens is 212 g/mol. The zero-order valence-corrected chi connectivity index (χ0v) is 10.5. The van der Waals surface area contributed by atoms with Crippen molar-refractivity contribution in [2.24, 2.45) is 5.92 Å². The highest BCUT2D eigenvalue weighted by Gasteiger charge is 2.29. The summed E-state index contributed by atoms with van der Waals surface area (Å²) in [5.41, 5.74) is 2.17. The number of carbonyl (C=O) groups excluding carboxylic acids is 1. The standard InChI is InChI=1S/C14H20N2O/c1-3-11-4-6-12(7-5-11)16-14(17)13-10(2)8-9-15-13/h4-7,10,13,15H,3,8-9H2,1-2H3,(H,16,17). The quantitative estimate of drug-likeness (QED) is 0.838. The van der Waals surface area contributed by atoms with Crippen LogP contribution >= 0.6 is 0 Å². The van der Waals surface area contributed by atoms with Crippen molar-refractivity contribution in [3.05, 3.63) is 29.8 Å². The molecular formula is C14H20N2O. The number of amides is 1. The summed E-state index contributed by atoms with van der Waals surface area (Å²) in [6.07, 6.45) is 2.10. The van der Waals surface area contributed by atoms with E-state index in [0.717, 1.165) is 25.1 Å². The normalized spacial score (nSPS) is 23.6. The van der Waals surface area contributed by atoms with Gasteiger partial charge in [-0.15, -0.1) is 0 Å². The number of hydrogen-bond acceptors (Lipinski definition) is 2. The molecule has 0 aliphatic carbocycles. The minimum Gasteiger partial charge on any atom is -0.325 e. The van der Waals surface area contributed by atoms with Crippen LogP contribution in [0.4, 0.5) is 5.69 Å². The van der Waals surface area contributed by atoms with Crippen molar-refractivity contribution in [3.63, 3.8) is 0 Å². The molecule has 0 saturated carbocycles. The van der Waals surface area contributed by atoms with Gasteiger partial charge in [0, 0.05) is 5.69 Å². The Morgan fingerprint density at radius 1 is 1.41 bits per heavy atom. The van der Waals surface area contributed by atoms with Gasteiger partial charge in [0.05, 0.1) is 6.04 Å². The molecule has 2 atom stereocenters. The molecule has 0 aromatic heterocycles. The highest BCUT2D eigenvalue weighted by atomic mass is 16.2. The number of benzene rings is 1. The van der Waals surface area contributed by atoms with E-state index in [1.807, 2.05) is 12.1 Å². The average molecular weight is 232 g/mol. The van der Waals surface area contributed by atoms with Crippen LogP contribution in [-0.2, 0) is 11.2 Å². The van der Waals surface area contributed by atoms with Crippen molar-refractivity contribution >= 4 is 11.6 Å². The highest BCUT2D eigenvalue weighted by molar-refractivity contribution is 5.95. The number of rotatable bonds is 3. The molecule has 1 fully saturated rings. The van der Waals surface area contributed by atoms with Crippen molar-refractivity contribution < 1.29 is 4.79 Å². The summed E-state index contributed by atoms with van der Waals surface area (Å²) in [6.45, 7) is 5.18. The SMILES string of the molecule is CCc1ccc(NC(=O)C2NCCC2C)cc1. The molecule has 17 heavy (non-hydrogen) atoms. The van der Waals surface area contributed by atoms with Crippen LogP contribution in [0.1, 0.15) is 25.8 Å². The van der Waals surface area contributed by atoms with Gasteiger partial charge in [0.1, 0.15) is 0 Å². The van der Waals surface area contributed by atoms with Gasteiger partial charge in [0.2, 0.25) is 5.91 Å². The van der Waals surface area contributed by atoms with Crippen molar-refractivity contribution in [2.45, 2.75) is 32.7 Å². The summed E-state index contributed by atoms with van der Waals surface area (Å²) in [5.74, 6) is 0.504. The Morgan fingerprint density at radius 2 is 2.12 bits per heavy atom. The van der Waals surface area contributed by atoms with Gasteiger partial charge in [0.25, 0.3) is 0 Å². The van der Waals surface area contributed by atoms with E-state index in [9.17, 15) is 4.79 Å². The van der Waals surface area contributed by atoms with E-state index in [1.54, 1.807) is 0 Å². The van der Waals surface area contributed by atoms with Crippen LogP contribution in [0.15, 0.2) is 24.3 Å². The molecule has 0 bridgehead atoms. The van der Waals surface area contributed by atoms with Crippen LogP contribution in [0, 0.1) is 5.92 Å². The zero-order chi connectivity index (χ0) is 12.3. The summed E-state index contributed by atoms with van der Waals surface area (Å²) in [7, 11) is 0. The predicted octanol–water partition coefficient (Wildman–Crippen LogP) is 2.19. The van der Waals surface area contributed by atoms with Crippen LogP contribution in [-0.4, -0.2) is 18.5 Å². The third kappa shape index (κ3) is 2.86. The molecule has 2 N–H and O–H groups in total. The second-order valence-electron chi connectivity index (χ2n) is 4.74. The van der Waals surface area contributed by atoms with Crippen molar-refractivity contribution in [1.82, 2.24) is 5.32 Å². The van der Waals surface area contributed by atoms with E-state index < -0.39 is 0 Å². The lowest BCUT2D eigenvalue weighted by atomic mass is 10.0. The molecule has 3 nitrogen and oxygen atoms in total. The number of hydrogen-bond donors (Lipinski definition) is 2. The highest BCUT2D eigenvalue weighted by Crippen LogP contribution is 2.17. The molecule has 0 spiro atoms. The molecule has 1 aromatic carbocycles. The van der Waals surface area contributed by atoms with E-state index in [4.69, 9.17) is 0 Å². The largest absolute Gasteiger partial charge is 0.325 e. The summed E-state index contributed by atoms with van der Waals surface area (Å²) in [6, 6.07) is 8.01. The second kappa shape index (κ2) is 5.32. The van der Waals surface area contributed by atoms with E-state index >= 15 is 0 Å². The molecule has 92 valence electrons. The average Bonchev–Trinajstić information content (AvgIpc) is 2.76. The Bertz CT molecular complexity index is 386. The third-order valence-corrected chi connectivity index (χ3v) is 3.45. The molecule has 1 aliphatic heterocycles. The maximum Gasteiger partial charge on any atom is 0.241 e. The fourth-order valence-electron chi connectivity index (χ4n) is 2.23. The fraction of sp³-hybridized carbons (Fsp3) is 0.500. The first-order valence-electron chi connectivity index (χ1n) is 6.34. The lowest BCUT2D eigenvalue weighted by Gasteiger charge is -2.15. The molecule has 1 saturated heterocycles. The van der Waals surface area contributed by atoms with E-state index in [1.165, 1.54) is 5.56 Å². The monoisotopic (exact) mass is 232 g/mol. The van der Waals surface area contributed by atoms with Crippen LogP contribution in [0.2, 0.25) is 0 Å². The van der Waals surface area contributed by atoms with Gasteiger partial charge in [-0.05, 0) is 43.0 Å². The van der Waals surface area contributed by atoms with Crippen LogP contribution < -0.4 is 10.6 Å². The van der Waals surface area contributed by atoms with Crippen LogP contribution in [0.3, 0.4) is 0 Å². The Morgan fingerprint density at radius 3 is 2.65 bits per heavy atom. The van der Waals surface area contributed by atoms with Gasteiger partial charge in [-0.3, -0.25) is 4.79 Å². The number of carbonyl (C=O) groups is 1. The molecule has 1 aromatic rings. The van der Waals surface area contributed by atoms with E-state index in [2.05, 4.69) is 36.6 Å². The maximum absolute atomic E-state index is 12.0. The van der Waals surface area contributed by atoms with Gasteiger partial charge < -0.3 is 10.6 Å². The lowest BCUT2D eigenvalue weighted by molar-refractivity contribution is -0.118. The summed E-state index contributed by atoms with van der Waals surface area (Å²) >= 11 is 0. The first-order valence-corrected chi connectivity index (χ1v) is 6.34. The summed E-state index contributed by atoms with van der Waals surface area (Å²) < 4.78 is 0. The molecule has 3 heteroatoms. The molecule has 2 unspecified atom stereocenters. The summed E-state index contributed by atoms with van der Waals surface area (Å²) in [5, 5.41) is 6.20. The molecule has 1 aliphatic rings. The third-order valence-electron chi connectivity index (χ3n) is 3.45. The first-order chi connectivity index (χ1) is 8.20. The summed E-state index contributed by atoms with van der Waals surface area (Å²) in [4.78, 5) is 12.0. The molecule has 1 heterocycles. The molecule has 0 radical (unpaired) electrons. The number of aryl methyl sites for hydroxylation is 1. The Kier molecular flexibility index (Phi) is 3.79. The molecule has 1 amide bonds. The minimum atomic E-state index is -0.0409. The number of anilines is 1. The maximum atomic E-state index is 12.0. The number of nitrogens with one attached hydrogen (secondary N) is 2. The van der Waals surface area contributed by atoms with Crippen LogP contribution in [0.25, 0.3) is 0 Å². The Balaban J connectivity index is 1.97. The fourth-order valence-corrected chi connectivity index (χ4v) is 2.23. The van der Waals surface area contributed by atoms with Gasteiger partial charge in [-0.25, -0.2) is 0 Å². The predicted molar refractivity (Wildman–Crippen MR) is 70.0 cm³/mol. The van der Waals surface area contributed by atoms with Gasteiger partial charge in [-0.1, -0.05) is 26.0 Å². The molecule has 2 rings (SSSR count). The minimum absolute atomic E-state index is 0.0409. The van der Waals surface area contributed by atoms with Crippen molar-refractivity contribution in [2.75, 3.05) is 11.9 Å². The first kappa shape index (κ1) is 12.1. The van der Waals surface area contributed by atoms with Gasteiger partial charge in [-0.2, -0.15) is 0 Å².